The minimum atomic E-state index is -0.412. The van der Waals surface area contributed by atoms with Crippen molar-refractivity contribution in [1.82, 2.24) is 4.90 Å². The molecule has 0 bridgehead atoms. The van der Waals surface area contributed by atoms with E-state index < -0.39 is 4.92 Å². The van der Waals surface area contributed by atoms with Crippen LogP contribution in [0, 0.1) is 17.0 Å². The first-order valence-electron chi connectivity index (χ1n) is 12.5. The Morgan fingerprint density at radius 1 is 1.05 bits per heavy atom. The van der Waals surface area contributed by atoms with Crippen LogP contribution >= 0.6 is 11.8 Å². The number of aryl methyl sites for hydroxylation is 1. The minimum absolute atomic E-state index is 0.0150. The lowest BCUT2D eigenvalue weighted by molar-refractivity contribution is -0.384. The third-order valence-corrected chi connectivity index (χ3v) is 7.48. The number of ether oxygens (including phenoxy) is 1. The summed E-state index contributed by atoms with van der Waals surface area (Å²) in [5.74, 6) is -0.156. The van der Waals surface area contributed by atoms with Crippen LogP contribution < -0.4 is 4.90 Å². The number of nitro benzene ring substituents is 1. The zero-order valence-electron chi connectivity index (χ0n) is 21.1. The van der Waals surface area contributed by atoms with Crippen molar-refractivity contribution in [2.45, 2.75) is 13.3 Å². The van der Waals surface area contributed by atoms with Crippen molar-refractivity contribution in [3.8, 4) is 0 Å². The smallest absolute Gasteiger partial charge is 0.270 e. The van der Waals surface area contributed by atoms with E-state index in [1.54, 1.807) is 17.0 Å². The Bertz CT molecular complexity index is 1380. The number of aliphatic imine (C=N–C) groups is 1. The number of nitrogens with zero attached hydrogens (tertiary/aromatic N) is 4. The lowest BCUT2D eigenvalue weighted by Crippen LogP contribution is -2.36. The molecule has 2 aliphatic rings. The van der Waals surface area contributed by atoms with Gasteiger partial charge in [0.05, 0.1) is 28.7 Å². The van der Waals surface area contributed by atoms with Crippen LogP contribution in [0.4, 0.5) is 17.1 Å². The molecule has 2 fully saturated rings. The monoisotopic (exact) mass is 528 g/mol. The maximum absolute atomic E-state index is 13.7. The van der Waals surface area contributed by atoms with Crippen LogP contribution in [0.2, 0.25) is 0 Å². The molecular formula is C29H28N4O4S. The number of morpholine rings is 1. The zero-order chi connectivity index (χ0) is 26.5. The number of thioether (sulfide) groups is 1. The van der Waals surface area contributed by atoms with Gasteiger partial charge in [0.15, 0.2) is 5.17 Å². The molecule has 9 heteroatoms. The second-order valence-corrected chi connectivity index (χ2v) is 10.1. The maximum Gasteiger partial charge on any atom is 0.270 e. The number of benzene rings is 3. The van der Waals surface area contributed by atoms with Gasteiger partial charge in [0.2, 0.25) is 0 Å². The molecule has 2 heterocycles. The van der Waals surface area contributed by atoms with Crippen LogP contribution in [-0.2, 0) is 16.0 Å². The molecule has 0 radical (unpaired) electrons. The SMILES string of the molecule is Cc1ccc(N=C2S/C(=C/c3cc([N+](=O)[O-])ccc3N3CCOCC3)C(=O)N2CCc2ccccc2)cc1. The quantitative estimate of drug-likeness (QED) is 0.226. The van der Waals surface area contributed by atoms with Gasteiger partial charge in [-0.15, -0.1) is 0 Å². The molecule has 0 aliphatic carbocycles. The number of non-ortho nitro benzene ring substituents is 1. The highest BCUT2D eigenvalue weighted by molar-refractivity contribution is 8.18. The Balaban J connectivity index is 1.51. The van der Waals surface area contributed by atoms with Gasteiger partial charge in [0.1, 0.15) is 0 Å². The van der Waals surface area contributed by atoms with E-state index in [1.807, 2.05) is 61.5 Å². The standard InChI is InChI=1S/C29H28N4O4S/c1-21-7-9-24(10-8-21)30-29-32(14-13-22-5-3-2-4-6-22)28(34)27(38-29)20-23-19-25(33(35)36)11-12-26(23)31-15-17-37-18-16-31/h2-12,19-20H,13-18H2,1H3/b27-20+,30-29?. The number of rotatable bonds is 7. The lowest BCUT2D eigenvalue weighted by atomic mass is 10.1. The highest BCUT2D eigenvalue weighted by atomic mass is 32.2. The van der Waals surface area contributed by atoms with Crippen molar-refractivity contribution in [3.05, 3.63) is 105 Å². The van der Waals surface area contributed by atoms with Gasteiger partial charge in [-0.25, -0.2) is 4.99 Å². The summed E-state index contributed by atoms with van der Waals surface area (Å²) in [5.41, 5.74) is 4.49. The molecule has 8 nitrogen and oxygen atoms in total. The summed E-state index contributed by atoms with van der Waals surface area (Å²) in [6, 6.07) is 22.7. The van der Waals surface area contributed by atoms with Gasteiger partial charge in [0.25, 0.3) is 11.6 Å². The lowest BCUT2D eigenvalue weighted by Gasteiger charge is -2.30. The Morgan fingerprint density at radius 2 is 1.79 bits per heavy atom. The molecule has 194 valence electrons. The molecule has 2 aliphatic heterocycles. The normalized spacial score (nSPS) is 18.0. The van der Waals surface area contributed by atoms with Crippen molar-refractivity contribution >= 4 is 46.0 Å². The van der Waals surface area contributed by atoms with Crippen molar-refractivity contribution in [2.75, 3.05) is 37.7 Å². The highest BCUT2D eigenvalue weighted by Gasteiger charge is 2.33. The van der Waals surface area contributed by atoms with E-state index in [1.165, 1.54) is 23.9 Å². The molecule has 0 atom stereocenters. The topological polar surface area (TPSA) is 88.3 Å². The van der Waals surface area contributed by atoms with E-state index in [4.69, 9.17) is 9.73 Å². The van der Waals surface area contributed by atoms with Crippen LogP contribution in [-0.4, -0.2) is 53.7 Å². The molecule has 38 heavy (non-hydrogen) atoms. The Kier molecular flexibility index (Phi) is 7.86. The largest absolute Gasteiger partial charge is 0.378 e. The van der Waals surface area contributed by atoms with Crippen LogP contribution in [0.1, 0.15) is 16.7 Å². The predicted molar refractivity (Wildman–Crippen MR) is 152 cm³/mol. The minimum Gasteiger partial charge on any atom is -0.378 e. The molecule has 0 spiro atoms. The van der Waals surface area contributed by atoms with Crippen molar-refractivity contribution in [3.63, 3.8) is 0 Å². The van der Waals surface area contributed by atoms with Gasteiger partial charge < -0.3 is 9.64 Å². The summed E-state index contributed by atoms with van der Waals surface area (Å²) in [4.78, 5) is 33.9. The van der Waals surface area contributed by atoms with E-state index in [0.717, 1.165) is 22.5 Å². The highest BCUT2D eigenvalue weighted by Crippen LogP contribution is 2.37. The Morgan fingerprint density at radius 3 is 2.50 bits per heavy atom. The number of nitro groups is 1. The van der Waals surface area contributed by atoms with Crippen LogP contribution in [0.3, 0.4) is 0 Å². The molecule has 1 amide bonds. The molecule has 0 N–H and O–H groups in total. The number of carbonyl (C=O) groups is 1. The van der Waals surface area contributed by atoms with Crippen LogP contribution in [0.5, 0.6) is 0 Å². The number of hydrogen-bond acceptors (Lipinski definition) is 7. The fourth-order valence-electron chi connectivity index (χ4n) is 4.41. The van der Waals surface area contributed by atoms with E-state index in [9.17, 15) is 14.9 Å². The van der Waals surface area contributed by atoms with E-state index in [0.29, 0.717) is 54.9 Å². The average Bonchev–Trinajstić information content (AvgIpc) is 3.23. The third-order valence-electron chi connectivity index (χ3n) is 6.47. The second-order valence-electron chi connectivity index (χ2n) is 9.13. The summed E-state index contributed by atoms with van der Waals surface area (Å²) in [5, 5.41) is 12.1. The Labute approximate surface area is 225 Å². The summed E-state index contributed by atoms with van der Waals surface area (Å²) in [6.45, 7) is 5.02. The van der Waals surface area contributed by atoms with Crippen LogP contribution in [0.25, 0.3) is 6.08 Å². The first-order chi connectivity index (χ1) is 18.5. The summed E-state index contributed by atoms with van der Waals surface area (Å²) in [7, 11) is 0. The van der Waals surface area contributed by atoms with Gasteiger partial charge in [-0.3, -0.25) is 19.8 Å². The number of anilines is 1. The van der Waals surface area contributed by atoms with Gasteiger partial charge in [-0.2, -0.15) is 0 Å². The summed E-state index contributed by atoms with van der Waals surface area (Å²) in [6.07, 6.45) is 2.45. The second kappa shape index (κ2) is 11.6. The number of amidine groups is 1. The van der Waals surface area contributed by atoms with Gasteiger partial charge >= 0.3 is 0 Å². The molecule has 2 saturated heterocycles. The van der Waals surface area contributed by atoms with E-state index >= 15 is 0 Å². The van der Waals surface area contributed by atoms with E-state index in [-0.39, 0.29) is 11.6 Å². The molecule has 3 aromatic carbocycles. The first kappa shape index (κ1) is 25.7. The third kappa shape index (κ3) is 5.95. The molecule has 0 aromatic heterocycles. The fraction of sp³-hybridized carbons (Fsp3) is 0.241. The Hall–Kier alpha value is -3.95. The first-order valence-corrected chi connectivity index (χ1v) is 13.3. The molecule has 3 aromatic rings. The van der Waals surface area contributed by atoms with Gasteiger partial charge in [-0.05, 0) is 54.9 Å². The van der Waals surface area contributed by atoms with Gasteiger partial charge in [-0.1, -0.05) is 48.0 Å². The van der Waals surface area contributed by atoms with Crippen molar-refractivity contribution in [1.29, 1.82) is 0 Å². The maximum atomic E-state index is 13.7. The van der Waals surface area contributed by atoms with Crippen LogP contribution in [0.15, 0.2) is 82.7 Å². The average molecular weight is 529 g/mol. The molecule has 5 rings (SSSR count). The van der Waals surface area contributed by atoms with Gasteiger partial charge in [0, 0.05) is 43.0 Å². The number of amides is 1. The van der Waals surface area contributed by atoms with Crippen molar-refractivity contribution in [2.24, 2.45) is 4.99 Å². The molecule has 0 unspecified atom stereocenters. The summed E-state index contributed by atoms with van der Waals surface area (Å²) >= 11 is 1.30. The van der Waals surface area contributed by atoms with Crippen molar-refractivity contribution < 1.29 is 14.5 Å². The fourth-order valence-corrected chi connectivity index (χ4v) is 5.42. The number of hydrogen-bond donors (Lipinski definition) is 0. The molecular weight excluding hydrogens is 500 g/mol. The molecule has 0 saturated carbocycles. The summed E-state index contributed by atoms with van der Waals surface area (Å²) < 4.78 is 5.48. The van der Waals surface area contributed by atoms with E-state index in [2.05, 4.69) is 4.90 Å². The number of carbonyl (C=O) groups excluding carboxylic acids is 1. The zero-order valence-corrected chi connectivity index (χ0v) is 21.9. The predicted octanol–water partition coefficient (Wildman–Crippen LogP) is 5.59.